The van der Waals surface area contributed by atoms with Crippen LogP contribution in [0.1, 0.15) is 32.4 Å². The normalized spacial score (nSPS) is 19.6. The Labute approximate surface area is 130 Å². The maximum Gasteiger partial charge on any atom is 0.244 e. The molecule has 4 nitrogen and oxygen atoms in total. The van der Waals surface area contributed by atoms with Gasteiger partial charge in [-0.3, -0.25) is 9.59 Å². The third kappa shape index (κ3) is 3.79. The van der Waals surface area contributed by atoms with Crippen LogP contribution < -0.4 is 5.32 Å². The predicted octanol–water partition coefficient (Wildman–Crippen LogP) is 2.42. The lowest BCUT2D eigenvalue weighted by molar-refractivity contribution is -0.140. The fraction of sp³-hybridized carbons (Fsp3) is 0.500. The van der Waals surface area contributed by atoms with Gasteiger partial charge in [-0.25, -0.2) is 0 Å². The summed E-state index contributed by atoms with van der Waals surface area (Å²) in [6.07, 6.45) is 0. The first-order valence-corrected chi connectivity index (χ1v) is 8.39. The van der Waals surface area contributed by atoms with Crippen LogP contribution >= 0.6 is 11.8 Å². The van der Waals surface area contributed by atoms with Crippen molar-refractivity contribution in [1.82, 2.24) is 10.2 Å². The van der Waals surface area contributed by atoms with Gasteiger partial charge in [0.05, 0.1) is 11.9 Å². The molecule has 0 aliphatic carbocycles. The number of nitrogens with one attached hydrogen (secondary N) is 1. The van der Waals surface area contributed by atoms with Crippen LogP contribution in [-0.4, -0.2) is 34.4 Å². The quantitative estimate of drug-likeness (QED) is 0.929. The van der Waals surface area contributed by atoms with Crippen LogP contribution in [0.4, 0.5) is 0 Å². The van der Waals surface area contributed by atoms with E-state index >= 15 is 0 Å². The van der Waals surface area contributed by atoms with Gasteiger partial charge in [0.2, 0.25) is 11.8 Å². The summed E-state index contributed by atoms with van der Waals surface area (Å²) in [6.45, 7) is 5.70. The Morgan fingerprint density at radius 1 is 1.24 bits per heavy atom. The second-order valence-corrected chi connectivity index (χ2v) is 6.62. The number of carbonyl (C=O) groups excluding carboxylic acids is 2. The van der Waals surface area contributed by atoms with Gasteiger partial charge in [0.25, 0.3) is 0 Å². The molecule has 1 aromatic rings. The number of thioether (sulfide) groups is 1. The molecular formula is C16H22N2O2S. The molecule has 21 heavy (non-hydrogen) atoms. The fourth-order valence-corrected chi connectivity index (χ4v) is 3.51. The van der Waals surface area contributed by atoms with E-state index in [1.807, 2.05) is 51.1 Å². The Kier molecular flexibility index (Phi) is 5.28. The third-order valence-corrected chi connectivity index (χ3v) is 4.63. The molecule has 0 saturated carbocycles. The molecule has 1 heterocycles. The van der Waals surface area contributed by atoms with Crippen LogP contribution in [-0.2, 0) is 9.59 Å². The first-order chi connectivity index (χ1) is 10.0. The molecule has 0 aromatic heterocycles. The summed E-state index contributed by atoms with van der Waals surface area (Å²) >= 11 is 1.63. The number of carbonyl (C=O) groups is 2. The summed E-state index contributed by atoms with van der Waals surface area (Å²) in [5.41, 5.74) is 1.07. The van der Waals surface area contributed by atoms with Gasteiger partial charge in [0.1, 0.15) is 6.04 Å². The summed E-state index contributed by atoms with van der Waals surface area (Å²) in [5, 5.41) is 3.02. The van der Waals surface area contributed by atoms with E-state index in [0.717, 1.165) is 5.56 Å². The van der Waals surface area contributed by atoms with Crippen LogP contribution in [0.3, 0.4) is 0 Å². The van der Waals surface area contributed by atoms with Crippen molar-refractivity contribution in [2.24, 2.45) is 5.92 Å². The molecule has 0 unspecified atom stereocenters. The van der Waals surface area contributed by atoms with Crippen LogP contribution in [0.5, 0.6) is 0 Å². The Hall–Kier alpha value is -1.49. The molecule has 1 aromatic carbocycles. The van der Waals surface area contributed by atoms with E-state index in [1.54, 1.807) is 16.7 Å². The molecule has 0 radical (unpaired) electrons. The molecule has 1 aliphatic heterocycles. The van der Waals surface area contributed by atoms with E-state index in [-0.39, 0.29) is 29.8 Å². The molecule has 114 valence electrons. The van der Waals surface area contributed by atoms with E-state index in [2.05, 4.69) is 5.32 Å². The molecule has 2 rings (SSSR count). The van der Waals surface area contributed by atoms with Crippen LogP contribution in [0.15, 0.2) is 30.3 Å². The number of nitrogens with zero attached hydrogens (tertiary/aromatic N) is 1. The van der Waals surface area contributed by atoms with Crippen molar-refractivity contribution < 1.29 is 9.59 Å². The van der Waals surface area contributed by atoms with Gasteiger partial charge in [-0.15, -0.1) is 11.8 Å². The Bertz CT molecular complexity index is 504. The van der Waals surface area contributed by atoms with E-state index in [9.17, 15) is 9.59 Å². The summed E-state index contributed by atoms with van der Waals surface area (Å²) in [7, 11) is 0. The maximum absolute atomic E-state index is 12.4. The summed E-state index contributed by atoms with van der Waals surface area (Å²) in [6, 6.07) is 9.44. The number of amides is 2. The van der Waals surface area contributed by atoms with E-state index in [0.29, 0.717) is 11.6 Å². The summed E-state index contributed by atoms with van der Waals surface area (Å²) in [4.78, 5) is 26.3. The molecule has 1 aliphatic rings. The van der Waals surface area contributed by atoms with Gasteiger partial charge >= 0.3 is 0 Å². The second-order valence-electron chi connectivity index (χ2n) is 5.62. The minimum atomic E-state index is -0.351. The largest absolute Gasteiger partial charge is 0.348 e. The topological polar surface area (TPSA) is 49.4 Å². The summed E-state index contributed by atoms with van der Waals surface area (Å²) in [5.74, 6) is 1.18. The Morgan fingerprint density at radius 2 is 1.90 bits per heavy atom. The Balaban J connectivity index is 2.01. The maximum atomic E-state index is 12.4. The van der Waals surface area contributed by atoms with Crippen molar-refractivity contribution in [2.75, 3.05) is 11.6 Å². The minimum absolute atomic E-state index is 0.0486. The highest BCUT2D eigenvalue weighted by Crippen LogP contribution is 2.24. The first-order valence-electron chi connectivity index (χ1n) is 7.24. The zero-order chi connectivity index (χ0) is 15.4. The zero-order valence-corrected chi connectivity index (χ0v) is 13.5. The molecule has 1 fully saturated rings. The van der Waals surface area contributed by atoms with Crippen LogP contribution in [0.25, 0.3) is 0 Å². The lowest BCUT2D eigenvalue weighted by Crippen LogP contribution is -2.48. The third-order valence-electron chi connectivity index (χ3n) is 3.62. The molecule has 0 spiro atoms. The highest BCUT2D eigenvalue weighted by Gasteiger charge is 2.35. The van der Waals surface area contributed by atoms with Gasteiger partial charge in [-0.2, -0.15) is 0 Å². The molecule has 2 amide bonds. The SMILES string of the molecule is CC(C)C(=O)N1CSC[C@H]1C(=O)N[C@@H](C)c1ccccc1. The van der Waals surface area contributed by atoms with Crippen LogP contribution in [0.2, 0.25) is 0 Å². The lowest BCUT2D eigenvalue weighted by atomic mass is 10.1. The molecule has 2 atom stereocenters. The summed E-state index contributed by atoms with van der Waals surface area (Å²) < 4.78 is 0. The smallest absolute Gasteiger partial charge is 0.244 e. The van der Waals surface area contributed by atoms with Crippen molar-refractivity contribution in [3.63, 3.8) is 0 Å². The number of hydrogen-bond acceptors (Lipinski definition) is 3. The van der Waals surface area contributed by atoms with E-state index in [4.69, 9.17) is 0 Å². The van der Waals surface area contributed by atoms with Gasteiger partial charge in [0.15, 0.2) is 0 Å². The van der Waals surface area contributed by atoms with Gasteiger partial charge < -0.3 is 10.2 Å². The number of hydrogen-bond donors (Lipinski definition) is 1. The van der Waals surface area contributed by atoms with Crippen molar-refractivity contribution in [1.29, 1.82) is 0 Å². The van der Waals surface area contributed by atoms with Crippen molar-refractivity contribution >= 4 is 23.6 Å². The molecule has 5 heteroatoms. The monoisotopic (exact) mass is 306 g/mol. The average molecular weight is 306 g/mol. The zero-order valence-electron chi connectivity index (χ0n) is 12.7. The average Bonchev–Trinajstić information content (AvgIpc) is 2.96. The fourth-order valence-electron chi connectivity index (χ4n) is 2.34. The Morgan fingerprint density at radius 3 is 2.52 bits per heavy atom. The number of benzene rings is 1. The molecular weight excluding hydrogens is 284 g/mol. The second kappa shape index (κ2) is 6.98. The standard InChI is InChI=1S/C16H22N2O2S/c1-11(2)16(20)18-10-21-9-14(18)15(19)17-12(3)13-7-5-4-6-8-13/h4-8,11-12,14H,9-10H2,1-3H3,(H,17,19)/t12-,14-/m0/s1. The molecule has 0 bridgehead atoms. The van der Waals surface area contributed by atoms with Crippen molar-refractivity contribution in [2.45, 2.75) is 32.9 Å². The molecule has 1 N–H and O–H groups in total. The van der Waals surface area contributed by atoms with E-state index < -0.39 is 0 Å². The van der Waals surface area contributed by atoms with Gasteiger partial charge in [-0.05, 0) is 12.5 Å². The van der Waals surface area contributed by atoms with E-state index in [1.165, 1.54) is 0 Å². The predicted molar refractivity (Wildman–Crippen MR) is 85.8 cm³/mol. The van der Waals surface area contributed by atoms with Crippen LogP contribution in [0, 0.1) is 5.92 Å². The molecule has 1 saturated heterocycles. The highest BCUT2D eigenvalue weighted by molar-refractivity contribution is 7.99. The minimum Gasteiger partial charge on any atom is -0.348 e. The number of rotatable bonds is 4. The first kappa shape index (κ1) is 15.9. The highest BCUT2D eigenvalue weighted by atomic mass is 32.2. The van der Waals surface area contributed by atoms with Crippen molar-refractivity contribution in [3.05, 3.63) is 35.9 Å². The van der Waals surface area contributed by atoms with Gasteiger partial charge in [-0.1, -0.05) is 44.2 Å². The van der Waals surface area contributed by atoms with Crippen molar-refractivity contribution in [3.8, 4) is 0 Å². The lowest BCUT2D eigenvalue weighted by Gasteiger charge is -2.26. The van der Waals surface area contributed by atoms with Gasteiger partial charge in [0, 0.05) is 11.7 Å².